The van der Waals surface area contributed by atoms with Crippen molar-refractivity contribution in [3.63, 3.8) is 0 Å². The molecule has 0 aliphatic carbocycles. The van der Waals surface area contributed by atoms with Crippen molar-refractivity contribution in [1.29, 1.82) is 5.26 Å². The average molecular weight is 561 g/mol. The van der Waals surface area contributed by atoms with Gasteiger partial charge in [0.15, 0.2) is 0 Å². The second-order valence-electron chi connectivity index (χ2n) is 6.62. The summed E-state index contributed by atoms with van der Waals surface area (Å²) in [5.74, 6) is 0.128. The molecular formula is C24H17Br2ClN2O2. The first-order valence-electron chi connectivity index (χ1n) is 9.23. The third-order valence-corrected chi connectivity index (χ3v) is 6.03. The maximum atomic E-state index is 12.6. The van der Waals surface area contributed by atoms with Crippen LogP contribution in [0.4, 0.5) is 5.69 Å². The number of carbonyl (C=O) groups is 1. The highest BCUT2D eigenvalue weighted by Gasteiger charge is 2.14. The van der Waals surface area contributed by atoms with Gasteiger partial charge in [-0.3, -0.25) is 4.79 Å². The smallest absolute Gasteiger partial charge is 0.266 e. The summed E-state index contributed by atoms with van der Waals surface area (Å²) in [6.45, 7) is 2.22. The van der Waals surface area contributed by atoms with Crippen LogP contribution in [-0.4, -0.2) is 5.91 Å². The second-order valence-corrected chi connectivity index (χ2v) is 8.74. The summed E-state index contributed by atoms with van der Waals surface area (Å²) < 4.78 is 7.32. The van der Waals surface area contributed by atoms with Gasteiger partial charge in [0.25, 0.3) is 5.91 Å². The van der Waals surface area contributed by atoms with Gasteiger partial charge < -0.3 is 10.1 Å². The van der Waals surface area contributed by atoms with Crippen molar-refractivity contribution in [2.24, 2.45) is 0 Å². The van der Waals surface area contributed by atoms with E-state index in [9.17, 15) is 10.1 Å². The molecule has 0 saturated heterocycles. The van der Waals surface area contributed by atoms with Crippen LogP contribution in [0.3, 0.4) is 0 Å². The molecule has 0 heterocycles. The van der Waals surface area contributed by atoms with Crippen molar-refractivity contribution in [2.45, 2.75) is 13.5 Å². The number of carbonyl (C=O) groups excluding carboxylic acids is 1. The fourth-order valence-electron chi connectivity index (χ4n) is 2.78. The zero-order valence-electron chi connectivity index (χ0n) is 16.5. The molecule has 0 fully saturated rings. The number of anilines is 1. The van der Waals surface area contributed by atoms with E-state index in [4.69, 9.17) is 16.3 Å². The predicted molar refractivity (Wildman–Crippen MR) is 131 cm³/mol. The lowest BCUT2D eigenvalue weighted by molar-refractivity contribution is -0.112. The summed E-state index contributed by atoms with van der Waals surface area (Å²) in [6.07, 6.45) is 1.52. The molecule has 156 valence electrons. The molecule has 0 bridgehead atoms. The summed E-state index contributed by atoms with van der Waals surface area (Å²) in [5, 5.41) is 12.8. The van der Waals surface area contributed by atoms with E-state index in [0.29, 0.717) is 37.6 Å². The van der Waals surface area contributed by atoms with Crippen LogP contribution in [-0.2, 0) is 11.4 Å². The van der Waals surface area contributed by atoms with E-state index < -0.39 is 5.91 Å². The Kier molecular flexibility index (Phi) is 7.91. The summed E-state index contributed by atoms with van der Waals surface area (Å²) in [6, 6.07) is 20.6. The maximum Gasteiger partial charge on any atom is 0.266 e. The van der Waals surface area contributed by atoms with E-state index >= 15 is 0 Å². The van der Waals surface area contributed by atoms with Gasteiger partial charge in [-0.1, -0.05) is 48.0 Å². The van der Waals surface area contributed by atoms with Crippen molar-refractivity contribution in [1.82, 2.24) is 0 Å². The summed E-state index contributed by atoms with van der Waals surface area (Å²) in [7, 11) is 0. The SMILES string of the molecule is Cc1c(Cl)cccc1NC(=O)/C(C#N)=C\c1cc(Br)c(OCc2ccccc2)c(Br)c1. The van der Waals surface area contributed by atoms with Crippen LogP contribution in [0.25, 0.3) is 6.08 Å². The largest absolute Gasteiger partial charge is 0.487 e. The Balaban J connectivity index is 1.80. The van der Waals surface area contributed by atoms with Crippen LogP contribution < -0.4 is 10.1 Å². The highest BCUT2D eigenvalue weighted by Crippen LogP contribution is 2.36. The van der Waals surface area contributed by atoms with Crippen molar-refractivity contribution in [2.75, 3.05) is 5.32 Å². The molecule has 4 nitrogen and oxygen atoms in total. The van der Waals surface area contributed by atoms with Crippen LogP contribution in [0.5, 0.6) is 5.75 Å². The molecule has 3 aromatic rings. The Morgan fingerprint density at radius 3 is 2.45 bits per heavy atom. The molecule has 0 unspecified atom stereocenters. The van der Waals surface area contributed by atoms with Crippen LogP contribution in [0.2, 0.25) is 5.02 Å². The molecule has 0 atom stereocenters. The number of rotatable bonds is 6. The minimum absolute atomic E-state index is 0.0314. The fraction of sp³-hybridized carbons (Fsp3) is 0.0833. The van der Waals surface area contributed by atoms with Crippen LogP contribution in [0, 0.1) is 18.3 Å². The highest BCUT2D eigenvalue weighted by molar-refractivity contribution is 9.11. The van der Waals surface area contributed by atoms with E-state index in [-0.39, 0.29) is 5.57 Å². The lowest BCUT2D eigenvalue weighted by atomic mass is 10.1. The number of nitrogens with one attached hydrogen (secondary N) is 1. The standard InChI is InChI=1S/C24H17Br2ClN2O2/c1-15-21(27)8-5-9-22(15)29-24(30)18(13-28)10-17-11-19(25)23(20(26)12-17)31-14-16-6-3-2-4-7-16/h2-12H,14H2,1H3,(H,29,30)/b18-10-. The number of ether oxygens (including phenoxy) is 1. The normalized spacial score (nSPS) is 11.0. The highest BCUT2D eigenvalue weighted by atomic mass is 79.9. The number of hydrogen-bond donors (Lipinski definition) is 1. The molecule has 1 N–H and O–H groups in total. The summed E-state index contributed by atoms with van der Waals surface area (Å²) >= 11 is 13.1. The first-order chi connectivity index (χ1) is 14.9. The Morgan fingerprint density at radius 1 is 1.13 bits per heavy atom. The molecule has 0 aliphatic rings. The first kappa shape index (κ1) is 23.1. The summed E-state index contributed by atoms with van der Waals surface area (Å²) in [4.78, 5) is 12.6. The zero-order chi connectivity index (χ0) is 22.4. The average Bonchev–Trinajstić information content (AvgIpc) is 2.75. The quantitative estimate of drug-likeness (QED) is 0.254. The van der Waals surface area contributed by atoms with Gasteiger partial charge in [-0.25, -0.2) is 0 Å². The molecule has 31 heavy (non-hydrogen) atoms. The molecule has 3 rings (SSSR count). The molecule has 7 heteroatoms. The van der Waals surface area contributed by atoms with E-state index in [0.717, 1.165) is 11.1 Å². The van der Waals surface area contributed by atoms with Crippen molar-refractivity contribution < 1.29 is 9.53 Å². The zero-order valence-corrected chi connectivity index (χ0v) is 20.4. The van der Waals surface area contributed by atoms with Crippen LogP contribution in [0.15, 0.2) is 75.2 Å². The van der Waals surface area contributed by atoms with Gasteiger partial charge in [0.1, 0.15) is 24.0 Å². The maximum absolute atomic E-state index is 12.6. The van der Waals surface area contributed by atoms with E-state index in [1.165, 1.54) is 6.08 Å². The third-order valence-electron chi connectivity index (χ3n) is 4.44. The van der Waals surface area contributed by atoms with E-state index in [2.05, 4.69) is 37.2 Å². The molecule has 1 amide bonds. The number of benzene rings is 3. The van der Waals surface area contributed by atoms with Crippen LogP contribution >= 0.6 is 43.5 Å². The molecular weight excluding hydrogens is 544 g/mol. The summed E-state index contributed by atoms with van der Waals surface area (Å²) in [5.41, 5.74) is 2.98. The van der Waals surface area contributed by atoms with E-state index in [1.54, 1.807) is 37.3 Å². The van der Waals surface area contributed by atoms with Gasteiger partial charge in [0, 0.05) is 10.7 Å². The van der Waals surface area contributed by atoms with Gasteiger partial charge in [-0.05, 0) is 85.8 Å². The van der Waals surface area contributed by atoms with Gasteiger partial charge in [-0.15, -0.1) is 0 Å². The van der Waals surface area contributed by atoms with Crippen molar-refractivity contribution >= 4 is 61.1 Å². The lowest BCUT2D eigenvalue weighted by Gasteiger charge is -2.12. The van der Waals surface area contributed by atoms with Gasteiger partial charge in [-0.2, -0.15) is 5.26 Å². The molecule has 3 aromatic carbocycles. The van der Waals surface area contributed by atoms with Crippen LogP contribution in [0.1, 0.15) is 16.7 Å². The number of hydrogen-bond acceptors (Lipinski definition) is 3. The van der Waals surface area contributed by atoms with E-state index in [1.807, 2.05) is 36.4 Å². The molecule has 0 aliphatic heterocycles. The Labute approximate surface area is 202 Å². The predicted octanol–water partition coefficient (Wildman–Crippen LogP) is 7.30. The first-order valence-corrected chi connectivity index (χ1v) is 11.2. The second kappa shape index (κ2) is 10.6. The number of halogens is 3. The van der Waals surface area contributed by atoms with Gasteiger partial charge in [0.2, 0.25) is 0 Å². The molecule has 0 radical (unpaired) electrons. The van der Waals surface area contributed by atoms with Crippen molar-refractivity contribution in [3.05, 3.63) is 96.9 Å². The number of amides is 1. The molecule has 0 saturated carbocycles. The third kappa shape index (κ3) is 5.98. The Bertz CT molecular complexity index is 1160. The molecule has 0 aromatic heterocycles. The monoisotopic (exact) mass is 558 g/mol. The minimum atomic E-state index is -0.510. The molecule has 0 spiro atoms. The number of nitrogens with zero attached hydrogens (tertiary/aromatic N) is 1. The van der Waals surface area contributed by atoms with Gasteiger partial charge >= 0.3 is 0 Å². The lowest BCUT2D eigenvalue weighted by Crippen LogP contribution is -2.14. The topological polar surface area (TPSA) is 62.1 Å². The Morgan fingerprint density at radius 2 is 1.81 bits per heavy atom. The number of nitriles is 1. The minimum Gasteiger partial charge on any atom is -0.487 e. The fourth-order valence-corrected chi connectivity index (χ4v) is 4.40. The Hall–Kier alpha value is -2.59. The van der Waals surface area contributed by atoms with Gasteiger partial charge in [0.05, 0.1) is 8.95 Å². The van der Waals surface area contributed by atoms with Crippen molar-refractivity contribution in [3.8, 4) is 11.8 Å².